The van der Waals surface area contributed by atoms with Gasteiger partial charge in [-0.15, -0.1) is 0 Å². The molecular weight excluding hydrogens is 388 g/mol. The molecule has 0 aliphatic rings. The third-order valence-electron chi connectivity index (χ3n) is 4.13. The van der Waals surface area contributed by atoms with Crippen molar-refractivity contribution in [2.75, 3.05) is 13.4 Å². The molecule has 0 radical (unpaired) electrons. The van der Waals surface area contributed by atoms with E-state index in [2.05, 4.69) is 16.0 Å². The quantitative estimate of drug-likeness (QED) is 0.494. The van der Waals surface area contributed by atoms with Crippen LogP contribution in [-0.4, -0.2) is 23.3 Å². The lowest BCUT2D eigenvalue weighted by Gasteiger charge is -2.13. The van der Waals surface area contributed by atoms with E-state index in [0.29, 0.717) is 33.5 Å². The summed E-state index contributed by atoms with van der Waals surface area (Å²) in [5, 5.41) is 18.7. The summed E-state index contributed by atoms with van der Waals surface area (Å²) in [5.41, 5.74) is 1.67. The fourth-order valence-corrected chi connectivity index (χ4v) is 3.06. The van der Waals surface area contributed by atoms with E-state index >= 15 is 0 Å². The number of rotatable bonds is 6. The first-order valence-electron chi connectivity index (χ1n) is 8.48. The lowest BCUT2D eigenvalue weighted by Crippen LogP contribution is -2.14. The van der Waals surface area contributed by atoms with Crippen LogP contribution in [0.4, 0.5) is 0 Å². The molecule has 0 spiro atoms. The first-order chi connectivity index (χ1) is 14.1. The second-order valence-corrected chi connectivity index (χ2v) is 6.66. The van der Waals surface area contributed by atoms with Crippen LogP contribution in [0.3, 0.4) is 0 Å². The molecule has 0 bridgehead atoms. The minimum atomic E-state index is -0.479. The molecule has 0 saturated heterocycles. The topological polar surface area (TPSA) is 112 Å². The maximum atomic E-state index is 12.2. The van der Waals surface area contributed by atoms with E-state index < -0.39 is 5.56 Å². The van der Waals surface area contributed by atoms with Crippen molar-refractivity contribution in [2.45, 2.75) is 11.8 Å². The van der Waals surface area contributed by atoms with Crippen LogP contribution in [-0.2, 0) is 6.61 Å². The zero-order valence-corrected chi connectivity index (χ0v) is 16.5. The number of aromatic nitrogens is 2. The van der Waals surface area contributed by atoms with E-state index in [4.69, 9.17) is 14.7 Å². The number of nitrogens with zero attached hydrogens (tertiary/aromatic N) is 3. The van der Waals surface area contributed by atoms with E-state index in [1.165, 1.54) is 11.8 Å². The molecule has 2 aromatic carbocycles. The second-order valence-electron chi connectivity index (χ2n) is 5.86. The Bertz CT molecular complexity index is 1170. The Labute approximate surface area is 171 Å². The number of H-pyrrole nitrogens is 1. The fourth-order valence-electron chi connectivity index (χ4n) is 2.69. The van der Waals surface area contributed by atoms with E-state index in [-0.39, 0.29) is 12.2 Å². The van der Waals surface area contributed by atoms with Gasteiger partial charge in [-0.05, 0) is 48.7 Å². The summed E-state index contributed by atoms with van der Waals surface area (Å²) in [7, 11) is 1.55. The summed E-state index contributed by atoms with van der Waals surface area (Å²) in [5.74, 6) is 1.21. The average Bonchev–Trinajstić information content (AvgIpc) is 2.77. The van der Waals surface area contributed by atoms with Gasteiger partial charge in [-0.3, -0.25) is 4.79 Å². The minimum absolute atomic E-state index is 0.0491. The summed E-state index contributed by atoms with van der Waals surface area (Å²) in [6.45, 7) is 0.198. The van der Waals surface area contributed by atoms with Gasteiger partial charge in [-0.25, -0.2) is 4.98 Å². The molecular formula is C21H16N4O3S. The Morgan fingerprint density at radius 2 is 1.90 bits per heavy atom. The summed E-state index contributed by atoms with van der Waals surface area (Å²) in [4.78, 5) is 19.2. The molecule has 0 atom stereocenters. The molecule has 0 fully saturated rings. The van der Waals surface area contributed by atoms with Gasteiger partial charge in [-0.1, -0.05) is 11.8 Å². The third kappa shape index (κ3) is 4.40. The molecule has 0 unspecified atom stereocenters. The van der Waals surface area contributed by atoms with Crippen molar-refractivity contribution in [3.63, 3.8) is 0 Å². The van der Waals surface area contributed by atoms with Crippen LogP contribution in [0.1, 0.15) is 16.7 Å². The molecule has 1 N–H and O–H groups in total. The summed E-state index contributed by atoms with van der Waals surface area (Å²) in [6.07, 6.45) is 1.79. The summed E-state index contributed by atoms with van der Waals surface area (Å²) in [6, 6.07) is 16.0. The highest BCUT2D eigenvalue weighted by atomic mass is 32.2. The molecule has 29 heavy (non-hydrogen) atoms. The van der Waals surface area contributed by atoms with E-state index in [1.807, 2.05) is 6.07 Å². The Kier molecular flexibility index (Phi) is 6.18. The number of nitrogens with one attached hydrogen (secondary N) is 1. The van der Waals surface area contributed by atoms with E-state index in [9.17, 15) is 10.1 Å². The van der Waals surface area contributed by atoms with Crippen molar-refractivity contribution in [2.24, 2.45) is 0 Å². The van der Waals surface area contributed by atoms with Crippen LogP contribution in [0.25, 0.3) is 11.3 Å². The summed E-state index contributed by atoms with van der Waals surface area (Å²) >= 11 is 1.28. The van der Waals surface area contributed by atoms with Crippen molar-refractivity contribution in [1.29, 1.82) is 10.5 Å². The zero-order chi connectivity index (χ0) is 20.8. The van der Waals surface area contributed by atoms with E-state index in [1.54, 1.807) is 55.8 Å². The predicted octanol–water partition coefficient (Wildman–Crippen LogP) is 3.49. The highest BCUT2D eigenvalue weighted by Crippen LogP contribution is 2.28. The number of thioether (sulfide) groups is 1. The van der Waals surface area contributed by atoms with Crippen molar-refractivity contribution in [1.82, 2.24) is 9.97 Å². The lowest BCUT2D eigenvalue weighted by atomic mass is 10.0. The standard InChI is InChI=1S/C21H16N4O3S/c1-27-18-8-5-14(19-17(11-23)20(26)25-21(24-19)29-2)9-15(18)12-28-16-6-3-13(10-22)4-7-16/h3-9H,12H2,1-2H3,(H,24,25,26). The van der Waals surface area contributed by atoms with Crippen molar-refractivity contribution in [3.8, 4) is 34.9 Å². The predicted molar refractivity (Wildman–Crippen MR) is 109 cm³/mol. The van der Waals surface area contributed by atoms with Crippen molar-refractivity contribution >= 4 is 11.8 Å². The maximum Gasteiger partial charge on any atom is 0.270 e. The van der Waals surface area contributed by atoms with Gasteiger partial charge in [0.05, 0.1) is 24.4 Å². The Hall–Kier alpha value is -3.75. The van der Waals surface area contributed by atoms with Gasteiger partial charge in [-0.2, -0.15) is 10.5 Å². The van der Waals surface area contributed by atoms with Gasteiger partial charge >= 0.3 is 0 Å². The number of hydrogen-bond acceptors (Lipinski definition) is 7. The lowest BCUT2D eigenvalue weighted by molar-refractivity contribution is 0.296. The van der Waals surface area contributed by atoms with Gasteiger partial charge in [0.2, 0.25) is 0 Å². The third-order valence-corrected chi connectivity index (χ3v) is 4.71. The molecule has 0 saturated carbocycles. The number of ether oxygens (including phenoxy) is 2. The normalized spacial score (nSPS) is 10.1. The fraction of sp³-hybridized carbons (Fsp3) is 0.143. The molecule has 1 aromatic heterocycles. The smallest absolute Gasteiger partial charge is 0.270 e. The molecule has 3 aromatic rings. The van der Waals surface area contributed by atoms with Crippen LogP contribution in [0, 0.1) is 22.7 Å². The molecule has 3 rings (SSSR count). The SMILES string of the molecule is COc1ccc(-c2nc(SC)[nH]c(=O)c2C#N)cc1COc1ccc(C#N)cc1. The van der Waals surface area contributed by atoms with Gasteiger partial charge in [0.15, 0.2) is 5.16 Å². The minimum Gasteiger partial charge on any atom is -0.496 e. The first-order valence-corrected chi connectivity index (χ1v) is 9.70. The van der Waals surface area contributed by atoms with Crippen LogP contribution >= 0.6 is 11.8 Å². The summed E-state index contributed by atoms with van der Waals surface area (Å²) < 4.78 is 11.2. The molecule has 0 aliphatic heterocycles. The largest absolute Gasteiger partial charge is 0.496 e. The monoisotopic (exact) mass is 404 g/mol. The Balaban J connectivity index is 1.97. The number of hydrogen-bond donors (Lipinski definition) is 1. The van der Waals surface area contributed by atoms with Gasteiger partial charge < -0.3 is 14.5 Å². The highest BCUT2D eigenvalue weighted by Gasteiger charge is 2.15. The maximum absolute atomic E-state index is 12.2. The second kappa shape index (κ2) is 8.96. The number of methoxy groups -OCH3 is 1. The molecule has 7 nitrogen and oxygen atoms in total. The van der Waals surface area contributed by atoms with Gasteiger partial charge in [0.1, 0.15) is 29.7 Å². The molecule has 0 amide bonds. The zero-order valence-electron chi connectivity index (χ0n) is 15.7. The number of nitriles is 2. The molecule has 0 aliphatic carbocycles. The number of benzene rings is 2. The average molecular weight is 404 g/mol. The molecule has 8 heteroatoms. The van der Waals surface area contributed by atoms with Crippen molar-refractivity contribution in [3.05, 3.63) is 69.5 Å². The van der Waals surface area contributed by atoms with Gasteiger partial charge in [0, 0.05) is 11.1 Å². The molecule has 144 valence electrons. The van der Waals surface area contributed by atoms with E-state index in [0.717, 1.165) is 5.56 Å². The number of aromatic amines is 1. The highest BCUT2D eigenvalue weighted by molar-refractivity contribution is 7.98. The Morgan fingerprint density at radius 1 is 1.14 bits per heavy atom. The van der Waals surface area contributed by atoms with Crippen LogP contribution in [0.2, 0.25) is 0 Å². The molecule has 1 heterocycles. The van der Waals surface area contributed by atoms with Crippen molar-refractivity contribution < 1.29 is 9.47 Å². The van der Waals surface area contributed by atoms with Crippen LogP contribution < -0.4 is 15.0 Å². The first kappa shape index (κ1) is 20.0. The van der Waals surface area contributed by atoms with Crippen LogP contribution in [0.15, 0.2) is 52.4 Å². The van der Waals surface area contributed by atoms with Gasteiger partial charge in [0.25, 0.3) is 5.56 Å². The Morgan fingerprint density at radius 3 is 2.52 bits per heavy atom. The van der Waals surface area contributed by atoms with Crippen LogP contribution in [0.5, 0.6) is 11.5 Å².